The highest BCUT2D eigenvalue weighted by molar-refractivity contribution is 7.23. The number of anilines is 2. The number of hydrogen-bond acceptors (Lipinski definition) is 9. The lowest BCUT2D eigenvalue weighted by Gasteiger charge is -2.31. The standard InChI is InChI=1S/C34H34F3N7O2S/c1-4-26(45)44-16-20(12-18(44)2)42(3)32-23-7-6-22(21-8-9-25(36)30-27(21)24(14-38)31(39)47-30)28(37)29(23)40-33(41-32)46-17-34-10-5-11-43(34)15-19(35)13-34/h4,6-9,18-20H,1,5,10-13,15-17,39H2,2-3H3. The van der Waals surface area contributed by atoms with Crippen molar-refractivity contribution in [2.75, 3.05) is 43.9 Å². The first-order chi connectivity index (χ1) is 22.5. The molecule has 0 saturated carbocycles. The molecular formula is C34H34F3N7O2S. The summed E-state index contributed by atoms with van der Waals surface area (Å²) < 4.78 is 52.5. The second-order valence-corrected chi connectivity index (χ2v) is 13.9. The molecule has 0 spiro atoms. The van der Waals surface area contributed by atoms with Crippen LogP contribution >= 0.6 is 11.3 Å². The lowest BCUT2D eigenvalue weighted by atomic mass is 9.95. The molecule has 3 saturated heterocycles. The van der Waals surface area contributed by atoms with E-state index in [1.54, 1.807) is 17.0 Å². The summed E-state index contributed by atoms with van der Waals surface area (Å²) in [6.07, 6.45) is 3.07. The third-order valence-corrected chi connectivity index (χ3v) is 11.1. The van der Waals surface area contributed by atoms with Gasteiger partial charge in [0, 0.05) is 55.0 Å². The number of fused-ring (bicyclic) bond motifs is 3. The van der Waals surface area contributed by atoms with Crippen LogP contribution in [0, 0.1) is 23.0 Å². The predicted octanol–water partition coefficient (Wildman–Crippen LogP) is 5.81. The zero-order valence-corrected chi connectivity index (χ0v) is 26.9. The number of thiophene rings is 1. The first kappa shape index (κ1) is 31.2. The number of rotatable bonds is 7. The Kier molecular flexibility index (Phi) is 7.75. The molecule has 2 N–H and O–H groups in total. The maximum absolute atomic E-state index is 16.8. The van der Waals surface area contributed by atoms with Gasteiger partial charge in [-0.2, -0.15) is 15.2 Å². The Hall–Kier alpha value is -4.41. The van der Waals surface area contributed by atoms with Crippen LogP contribution in [-0.4, -0.2) is 82.8 Å². The number of halogens is 3. The van der Waals surface area contributed by atoms with E-state index in [2.05, 4.69) is 16.5 Å². The van der Waals surface area contributed by atoms with Crippen LogP contribution in [0.15, 0.2) is 36.9 Å². The molecule has 2 aromatic heterocycles. The molecule has 13 heteroatoms. The van der Waals surface area contributed by atoms with E-state index in [1.165, 1.54) is 18.2 Å². The minimum atomic E-state index is -0.944. The molecule has 3 fully saturated rings. The summed E-state index contributed by atoms with van der Waals surface area (Å²) in [7, 11) is 1.84. The number of carbonyl (C=O) groups is 1. The number of nitrogen functional groups attached to an aromatic ring is 1. The predicted molar refractivity (Wildman–Crippen MR) is 176 cm³/mol. The number of carbonyl (C=O) groups excluding carboxylic acids is 1. The highest BCUT2D eigenvalue weighted by atomic mass is 32.1. The van der Waals surface area contributed by atoms with E-state index in [4.69, 9.17) is 15.5 Å². The number of aromatic nitrogens is 2. The molecule has 1 amide bonds. The Bertz CT molecular complexity index is 1980. The second-order valence-electron chi connectivity index (χ2n) is 12.8. The molecule has 4 unspecified atom stereocenters. The Morgan fingerprint density at radius 3 is 2.83 bits per heavy atom. The number of amides is 1. The van der Waals surface area contributed by atoms with Crippen LogP contribution in [0.25, 0.3) is 32.1 Å². The Balaban J connectivity index is 1.35. The topological polar surface area (TPSA) is 112 Å². The van der Waals surface area contributed by atoms with Crippen molar-refractivity contribution >= 4 is 49.1 Å². The molecule has 4 aromatic rings. The van der Waals surface area contributed by atoms with Crippen molar-refractivity contribution in [2.24, 2.45) is 0 Å². The van der Waals surface area contributed by atoms with Gasteiger partial charge in [-0.25, -0.2) is 13.2 Å². The minimum absolute atomic E-state index is 0.0193. The quantitative estimate of drug-likeness (QED) is 0.247. The number of nitriles is 1. The Labute approximate surface area is 274 Å². The molecule has 5 heterocycles. The molecular weight excluding hydrogens is 627 g/mol. The normalized spacial score (nSPS) is 24.2. The molecule has 7 rings (SSSR count). The fourth-order valence-electron chi connectivity index (χ4n) is 7.72. The van der Waals surface area contributed by atoms with Gasteiger partial charge in [-0.15, -0.1) is 11.3 Å². The van der Waals surface area contributed by atoms with Gasteiger partial charge in [-0.1, -0.05) is 18.7 Å². The van der Waals surface area contributed by atoms with Crippen molar-refractivity contribution in [3.05, 3.63) is 54.1 Å². The minimum Gasteiger partial charge on any atom is -0.461 e. The maximum atomic E-state index is 16.8. The van der Waals surface area contributed by atoms with E-state index >= 15 is 4.39 Å². The van der Waals surface area contributed by atoms with Crippen molar-refractivity contribution in [1.29, 1.82) is 5.26 Å². The molecule has 47 heavy (non-hydrogen) atoms. The Morgan fingerprint density at radius 2 is 2.06 bits per heavy atom. The van der Waals surface area contributed by atoms with Crippen molar-refractivity contribution in [2.45, 2.75) is 56.4 Å². The van der Waals surface area contributed by atoms with Crippen LogP contribution in [0.4, 0.5) is 24.0 Å². The van der Waals surface area contributed by atoms with Crippen molar-refractivity contribution < 1.29 is 22.7 Å². The number of likely N-dealkylation sites (N-methyl/N-ethyl adjacent to an activating group) is 1. The molecule has 3 aliphatic rings. The number of hydrogen-bond donors (Lipinski definition) is 1. The van der Waals surface area contributed by atoms with Crippen LogP contribution in [0.3, 0.4) is 0 Å². The molecule has 0 aliphatic carbocycles. The van der Waals surface area contributed by atoms with E-state index in [0.717, 1.165) is 30.7 Å². The summed E-state index contributed by atoms with van der Waals surface area (Å²) in [6.45, 7) is 7.32. The monoisotopic (exact) mass is 661 g/mol. The van der Waals surface area contributed by atoms with Crippen LogP contribution in [0.5, 0.6) is 6.01 Å². The zero-order valence-electron chi connectivity index (χ0n) is 26.1. The third kappa shape index (κ3) is 5.05. The van der Waals surface area contributed by atoms with Gasteiger partial charge in [-0.3, -0.25) is 9.69 Å². The SMILES string of the molecule is C=CC(=O)N1CC(N(C)c2nc(OCC34CCCN3CC(F)C4)nc3c(F)c(-c4ccc(F)c5sc(N)c(C#N)c45)ccc23)CC1C. The van der Waals surface area contributed by atoms with Crippen molar-refractivity contribution in [3.63, 3.8) is 0 Å². The smallest absolute Gasteiger partial charge is 0.319 e. The van der Waals surface area contributed by atoms with E-state index in [0.29, 0.717) is 42.7 Å². The molecule has 244 valence electrons. The Morgan fingerprint density at radius 1 is 1.28 bits per heavy atom. The summed E-state index contributed by atoms with van der Waals surface area (Å²) in [4.78, 5) is 27.6. The molecule has 2 aromatic carbocycles. The highest BCUT2D eigenvalue weighted by Gasteiger charge is 2.49. The highest BCUT2D eigenvalue weighted by Crippen LogP contribution is 2.44. The van der Waals surface area contributed by atoms with E-state index in [-0.39, 0.29) is 62.3 Å². The fraction of sp³-hybridized carbons (Fsp3) is 0.412. The van der Waals surface area contributed by atoms with Crippen LogP contribution < -0.4 is 15.4 Å². The number of ether oxygens (including phenoxy) is 1. The molecule has 0 radical (unpaired) electrons. The fourth-order valence-corrected chi connectivity index (χ4v) is 8.67. The molecule has 4 atom stereocenters. The van der Waals surface area contributed by atoms with E-state index in [1.807, 2.05) is 24.9 Å². The lowest BCUT2D eigenvalue weighted by Crippen LogP contribution is -2.43. The van der Waals surface area contributed by atoms with Gasteiger partial charge in [0.05, 0.1) is 15.8 Å². The number of benzene rings is 2. The van der Waals surface area contributed by atoms with Crippen LogP contribution in [-0.2, 0) is 4.79 Å². The lowest BCUT2D eigenvalue weighted by molar-refractivity contribution is -0.126. The van der Waals surface area contributed by atoms with E-state index < -0.39 is 23.3 Å². The summed E-state index contributed by atoms with van der Waals surface area (Å²) in [6, 6.07) is 7.74. The van der Waals surface area contributed by atoms with Gasteiger partial charge in [-0.05, 0) is 56.5 Å². The average Bonchev–Trinajstić information content (AvgIpc) is 3.80. The van der Waals surface area contributed by atoms with Gasteiger partial charge in [0.25, 0.3) is 0 Å². The number of nitrogens with two attached hydrogens (primary N) is 1. The van der Waals surface area contributed by atoms with Crippen LogP contribution in [0.2, 0.25) is 0 Å². The van der Waals surface area contributed by atoms with Gasteiger partial charge >= 0.3 is 6.01 Å². The second kappa shape index (κ2) is 11.7. The van der Waals surface area contributed by atoms with E-state index in [9.17, 15) is 18.8 Å². The first-order valence-corrected chi connectivity index (χ1v) is 16.5. The van der Waals surface area contributed by atoms with Crippen LogP contribution in [0.1, 0.15) is 38.2 Å². The van der Waals surface area contributed by atoms with Crippen molar-refractivity contribution in [1.82, 2.24) is 19.8 Å². The van der Waals surface area contributed by atoms with Crippen molar-refractivity contribution in [3.8, 4) is 23.2 Å². The summed E-state index contributed by atoms with van der Waals surface area (Å²) >= 11 is 0.941. The molecule has 0 bridgehead atoms. The molecule has 3 aliphatic heterocycles. The third-order valence-electron chi connectivity index (χ3n) is 10.1. The summed E-state index contributed by atoms with van der Waals surface area (Å²) in [5.41, 5.74) is 6.08. The number of likely N-dealkylation sites (tertiary alicyclic amines) is 1. The van der Waals surface area contributed by atoms with Gasteiger partial charge < -0.3 is 20.3 Å². The molecule has 9 nitrogen and oxygen atoms in total. The number of alkyl halides is 1. The van der Waals surface area contributed by atoms with Gasteiger partial charge in [0.1, 0.15) is 41.0 Å². The maximum Gasteiger partial charge on any atom is 0.319 e. The number of nitrogens with zero attached hydrogens (tertiary/aromatic N) is 6. The largest absolute Gasteiger partial charge is 0.461 e. The first-order valence-electron chi connectivity index (χ1n) is 15.6. The van der Waals surface area contributed by atoms with Gasteiger partial charge in [0.2, 0.25) is 5.91 Å². The summed E-state index contributed by atoms with van der Waals surface area (Å²) in [5.74, 6) is -1.000. The summed E-state index contributed by atoms with van der Waals surface area (Å²) in [5, 5.41) is 10.6. The van der Waals surface area contributed by atoms with Gasteiger partial charge in [0.15, 0.2) is 5.82 Å². The average molecular weight is 662 g/mol. The zero-order chi connectivity index (χ0) is 33.2.